The van der Waals surface area contributed by atoms with E-state index in [0.29, 0.717) is 5.95 Å². The van der Waals surface area contributed by atoms with Crippen LogP contribution < -0.4 is 11.0 Å². The molecule has 0 atom stereocenters. The van der Waals surface area contributed by atoms with Crippen LogP contribution in [0.5, 0.6) is 0 Å². The van der Waals surface area contributed by atoms with Crippen LogP contribution in [0.4, 0.5) is 5.95 Å². The number of aromatic nitrogens is 3. The van der Waals surface area contributed by atoms with Crippen molar-refractivity contribution in [3.05, 3.63) is 46.1 Å². The van der Waals surface area contributed by atoms with Crippen LogP contribution in [0.1, 0.15) is 44.7 Å². The Morgan fingerprint density at radius 3 is 2.36 bits per heavy atom. The summed E-state index contributed by atoms with van der Waals surface area (Å²) >= 11 is 0. The maximum absolute atomic E-state index is 12.4. The molecule has 118 valence electrons. The largest absolute Gasteiger partial charge is 0.356 e. The number of aryl methyl sites for hydroxylation is 2. The lowest BCUT2D eigenvalue weighted by Crippen LogP contribution is -2.25. The second-order valence-corrected chi connectivity index (χ2v) is 5.24. The van der Waals surface area contributed by atoms with Gasteiger partial charge in [0.05, 0.1) is 5.69 Å². The van der Waals surface area contributed by atoms with Gasteiger partial charge >= 0.3 is 5.69 Å². The molecule has 1 N–H and O–H groups in total. The second kappa shape index (κ2) is 7.73. The van der Waals surface area contributed by atoms with Gasteiger partial charge in [-0.15, -0.1) is 0 Å². The number of para-hydroxylation sites is 1. The first-order chi connectivity index (χ1) is 10.7. The highest BCUT2D eigenvalue weighted by molar-refractivity contribution is 5.48. The van der Waals surface area contributed by atoms with Crippen LogP contribution in [0, 0.1) is 0 Å². The predicted molar refractivity (Wildman–Crippen MR) is 89.8 cm³/mol. The molecule has 0 amide bonds. The fourth-order valence-electron chi connectivity index (χ4n) is 2.48. The first kappa shape index (κ1) is 16.2. The van der Waals surface area contributed by atoms with Gasteiger partial charge in [0.15, 0.2) is 0 Å². The number of anilines is 1. The maximum atomic E-state index is 12.4. The normalized spacial score (nSPS) is 10.7. The Kier molecular flexibility index (Phi) is 5.69. The number of benzene rings is 1. The van der Waals surface area contributed by atoms with Crippen molar-refractivity contribution in [2.45, 2.75) is 46.5 Å². The van der Waals surface area contributed by atoms with Crippen LogP contribution in [0.25, 0.3) is 5.69 Å². The number of rotatable bonds is 7. The van der Waals surface area contributed by atoms with Gasteiger partial charge in [0.25, 0.3) is 0 Å². The lowest BCUT2D eigenvalue weighted by Gasteiger charge is -2.14. The van der Waals surface area contributed by atoms with Crippen molar-refractivity contribution >= 4 is 5.95 Å². The summed E-state index contributed by atoms with van der Waals surface area (Å²) in [6.07, 6.45) is 5.44. The van der Waals surface area contributed by atoms with Gasteiger partial charge in [0, 0.05) is 6.54 Å². The third kappa shape index (κ3) is 3.53. The molecule has 1 aromatic carbocycles. The Bertz CT molecular complexity index is 656. The molecular formula is C17H24N4O. The average Bonchev–Trinajstić information content (AvgIpc) is 2.54. The molecule has 0 fully saturated rings. The van der Waals surface area contributed by atoms with Gasteiger partial charge in [0.2, 0.25) is 5.95 Å². The minimum atomic E-state index is -0.287. The molecular weight excluding hydrogens is 276 g/mol. The van der Waals surface area contributed by atoms with E-state index in [1.165, 1.54) is 0 Å². The summed E-state index contributed by atoms with van der Waals surface area (Å²) in [5.74, 6) is 0.404. The highest BCUT2D eigenvalue weighted by Gasteiger charge is 2.11. The van der Waals surface area contributed by atoms with Crippen LogP contribution in [0.3, 0.4) is 0 Å². The quantitative estimate of drug-likeness (QED) is 0.799. The van der Waals surface area contributed by atoms with Crippen molar-refractivity contribution in [2.75, 3.05) is 11.9 Å². The number of nitrogens with zero attached hydrogens (tertiary/aromatic N) is 3. The molecule has 0 aliphatic rings. The summed E-state index contributed by atoms with van der Waals surface area (Å²) in [5.41, 5.74) is 2.91. The third-order valence-corrected chi connectivity index (χ3v) is 3.72. The van der Waals surface area contributed by atoms with E-state index in [1.807, 2.05) is 18.2 Å². The molecule has 2 aromatic rings. The molecule has 1 heterocycles. The molecule has 0 aliphatic carbocycles. The van der Waals surface area contributed by atoms with Crippen molar-refractivity contribution in [1.29, 1.82) is 0 Å². The maximum Gasteiger partial charge on any atom is 0.356 e. The zero-order valence-electron chi connectivity index (χ0n) is 13.6. The van der Waals surface area contributed by atoms with Gasteiger partial charge in [0.1, 0.15) is 6.33 Å². The van der Waals surface area contributed by atoms with E-state index >= 15 is 0 Å². The Hall–Kier alpha value is -2.17. The standard InChI is InChI=1S/C17H24N4O/c1-4-7-11-18-16-19-12-21(17(22)20-16)15-13(5-2)9-8-10-14(15)6-3/h8-10,12H,4-7,11H2,1-3H3,(H,18,20,22). The monoisotopic (exact) mass is 300 g/mol. The second-order valence-electron chi connectivity index (χ2n) is 5.24. The number of hydrogen-bond acceptors (Lipinski definition) is 4. The smallest absolute Gasteiger partial charge is 0.354 e. The van der Waals surface area contributed by atoms with Crippen LogP contribution in [-0.2, 0) is 12.8 Å². The molecule has 22 heavy (non-hydrogen) atoms. The summed E-state index contributed by atoms with van der Waals surface area (Å²) in [7, 11) is 0. The summed E-state index contributed by atoms with van der Waals surface area (Å²) in [4.78, 5) is 20.7. The molecule has 0 bridgehead atoms. The van der Waals surface area contributed by atoms with E-state index in [9.17, 15) is 4.79 Å². The Balaban J connectivity index is 2.40. The SMILES string of the molecule is CCCCNc1ncn(-c2c(CC)cccc2CC)c(=O)n1. The van der Waals surface area contributed by atoms with Crippen LogP contribution in [0.2, 0.25) is 0 Å². The van der Waals surface area contributed by atoms with Gasteiger partial charge in [-0.3, -0.25) is 4.57 Å². The molecule has 0 aliphatic heterocycles. The van der Waals surface area contributed by atoms with E-state index in [-0.39, 0.29) is 5.69 Å². The van der Waals surface area contributed by atoms with E-state index < -0.39 is 0 Å². The van der Waals surface area contributed by atoms with E-state index in [1.54, 1.807) is 10.9 Å². The molecule has 0 spiro atoms. The Morgan fingerprint density at radius 2 is 1.82 bits per heavy atom. The fourth-order valence-corrected chi connectivity index (χ4v) is 2.48. The summed E-state index contributed by atoms with van der Waals surface area (Å²) in [5, 5.41) is 3.09. The summed E-state index contributed by atoms with van der Waals surface area (Å²) in [6.45, 7) is 7.08. The lowest BCUT2D eigenvalue weighted by atomic mass is 10.0. The molecule has 0 radical (unpaired) electrons. The Morgan fingerprint density at radius 1 is 1.14 bits per heavy atom. The lowest BCUT2D eigenvalue weighted by molar-refractivity contribution is 0.801. The average molecular weight is 300 g/mol. The van der Waals surface area contributed by atoms with Gasteiger partial charge < -0.3 is 5.32 Å². The first-order valence-electron chi connectivity index (χ1n) is 8.01. The molecule has 0 saturated heterocycles. The van der Waals surface area contributed by atoms with E-state index in [0.717, 1.165) is 49.0 Å². The minimum Gasteiger partial charge on any atom is -0.354 e. The van der Waals surface area contributed by atoms with Gasteiger partial charge in [-0.2, -0.15) is 4.98 Å². The van der Waals surface area contributed by atoms with E-state index in [4.69, 9.17) is 0 Å². The third-order valence-electron chi connectivity index (χ3n) is 3.72. The molecule has 5 heteroatoms. The van der Waals surface area contributed by atoms with Gasteiger partial charge in [-0.05, 0) is 30.4 Å². The number of nitrogens with one attached hydrogen (secondary N) is 1. The zero-order valence-corrected chi connectivity index (χ0v) is 13.6. The predicted octanol–water partition coefficient (Wildman–Crippen LogP) is 2.96. The Labute approximate surface area is 131 Å². The summed E-state index contributed by atoms with van der Waals surface area (Å²) < 4.78 is 1.56. The first-order valence-corrected chi connectivity index (χ1v) is 8.01. The molecule has 5 nitrogen and oxygen atoms in total. The van der Waals surface area contributed by atoms with Gasteiger partial charge in [-0.25, -0.2) is 9.78 Å². The zero-order chi connectivity index (χ0) is 15.9. The van der Waals surface area contributed by atoms with Crippen molar-refractivity contribution in [1.82, 2.24) is 14.5 Å². The highest BCUT2D eigenvalue weighted by atomic mass is 16.1. The van der Waals surface area contributed by atoms with Gasteiger partial charge in [-0.1, -0.05) is 45.4 Å². The minimum absolute atomic E-state index is 0.287. The molecule has 0 unspecified atom stereocenters. The van der Waals surface area contributed by atoms with Crippen LogP contribution in [0.15, 0.2) is 29.3 Å². The van der Waals surface area contributed by atoms with Crippen LogP contribution in [-0.4, -0.2) is 21.1 Å². The number of hydrogen-bond donors (Lipinski definition) is 1. The van der Waals surface area contributed by atoms with Crippen molar-refractivity contribution in [2.24, 2.45) is 0 Å². The molecule has 2 rings (SSSR count). The van der Waals surface area contributed by atoms with Crippen molar-refractivity contribution in [3.8, 4) is 5.69 Å². The highest BCUT2D eigenvalue weighted by Crippen LogP contribution is 2.19. The number of unbranched alkanes of at least 4 members (excludes halogenated alkanes) is 1. The van der Waals surface area contributed by atoms with Crippen LogP contribution >= 0.6 is 0 Å². The fraction of sp³-hybridized carbons (Fsp3) is 0.471. The van der Waals surface area contributed by atoms with E-state index in [2.05, 4.69) is 36.1 Å². The van der Waals surface area contributed by atoms with Crippen molar-refractivity contribution in [3.63, 3.8) is 0 Å². The molecule has 1 aromatic heterocycles. The summed E-state index contributed by atoms with van der Waals surface area (Å²) in [6, 6.07) is 6.14. The topological polar surface area (TPSA) is 59.8 Å². The molecule has 0 saturated carbocycles. The van der Waals surface area contributed by atoms with Crippen molar-refractivity contribution < 1.29 is 0 Å².